The van der Waals surface area contributed by atoms with Gasteiger partial charge in [-0.1, -0.05) is 49.0 Å². The Balaban J connectivity index is 1.54. The molecule has 0 saturated heterocycles. The minimum Gasteiger partial charge on any atom is -0.324 e. The molecule has 0 saturated carbocycles. The zero-order valence-electron chi connectivity index (χ0n) is 15.2. The first-order valence-electron chi connectivity index (χ1n) is 9.09. The molecule has 2 aromatic carbocycles. The van der Waals surface area contributed by atoms with E-state index in [1.807, 2.05) is 18.2 Å². The zero-order valence-corrected chi connectivity index (χ0v) is 17.7. The molecule has 0 aliphatic rings. The van der Waals surface area contributed by atoms with Crippen LogP contribution in [0, 0.1) is 3.95 Å². The number of para-hydroxylation sites is 2. The van der Waals surface area contributed by atoms with Gasteiger partial charge in [-0.2, -0.15) is 0 Å². The normalized spacial score (nSPS) is 11.8. The summed E-state index contributed by atoms with van der Waals surface area (Å²) < 4.78 is 6.44. The predicted molar refractivity (Wildman–Crippen MR) is 120 cm³/mol. The molecule has 0 radical (unpaired) electrons. The highest BCUT2D eigenvalue weighted by molar-refractivity contribution is 7.98. The summed E-state index contributed by atoms with van der Waals surface area (Å²) in [5.74, 6) is 0.671. The van der Waals surface area contributed by atoms with Gasteiger partial charge in [-0.05, 0) is 36.8 Å². The predicted octanol–water partition coefficient (Wildman–Crippen LogP) is 5.88. The molecule has 0 atom stereocenters. The van der Waals surface area contributed by atoms with E-state index in [1.165, 1.54) is 4.70 Å². The Kier molecular flexibility index (Phi) is 4.62. The first-order chi connectivity index (χ1) is 13.8. The maximum absolute atomic E-state index is 5.55. The highest BCUT2D eigenvalue weighted by atomic mass is 32.2. The molecule has 3 heterocycles. The molecule has 0 aliphatic heterocycles. The summed E-state index contributed by atoms with van der Waals surface area (Å²) >= 11 is 8.75. The first-order valence-corrected chi connectivity index (χ1v) is 11.3. The van der Waals surface area contributed by atoms with Gasteiger partial charge in [0.1, 0.15) is 5.52 Å². The van der Waals surface area contributed by atoms with Crippen molar-refractivity contribution in [3.05, 3.63) is 52.5 Å². The Hall–Kier alpha value is -2.29. The van der Waals surface area contributed by atoms with E-state index in [0.717, 1.165) is 44.5 Å². The van der Waals surface area contributed by atoms with E-state index >= 15 is 0 Å². The minimum atomic E-state index is 0.671. The van der Waals surface area contributed by atoms with Crippen molar-refractivity contribution in [1.29, 1.82) is 0 Å². The standard InChI is InChI=1S/C20H17N5S3/c1-2-11-24-14-8-4-3-7-13(14)17-18(24)21-19(23-22-17)27-12-25-15-9-5-6-10-16(15)28-20(25)26/h3-10H,2,11-12H2,1H3. The summed E-state index contributed by atoms with van der Waals surface area (Å²) in [7, 11) is 0. The molecule has 28 heavy (non-hydrogen) atoms. The fraction of sp³-hybridized carbons (Fsp3) is 0.200. The lowest BCUT2D eigenvalue weighted by Crippen LogP contribution is -2.01. The monoisotopic (exact) mass is 423 g/mol. The second kappa shape index (κ2) is 7.27. The average molecular weight is 424 g/mol. The van der Waals surface area contributed by atoms with Crippen LogP contribution in [-0.4, -0.2) is 24.3 Å². The lowest BCUT2D eigenvalue weighted by molar-refractivity contribution is 0.709. The first kappa shape index (κ1) is 17.8. The van der Waals surface area contributed by atoms with E-state index in [-0.39, 0.29) is 0 Å². The molecule has 140 valence electrons. The molecule has 0 bridgehead atoms. The number of aromatic nitrogens is 5. The van der Waals surface area contributed by atoms with Crippen LogP contribution < -0.4 is 0 Å². The van der Waals surface area contributed by atoms with Crippen LogP contribution in [0.25, 0.3) is 32.3 Å². The Labute approximate surface area is 175 Å². The molecule has 0 fully saturated rings. The van der Waals surface area contributed by atoms with Gasteiger partial charge >= 0.3 is 0 Å². The van der Waals surface area contributed by atoms with E-state index < -0.39 is 0 Å². The maximum Gasteiger partial charge on any atom is 0.212 e. The summed E-state index contributed by atoms with van der Waals surface area (Å²) in [5.41, 5.74) is 4.08. The van der Waals surface area contributed by atoms with Crippen molar-refractivity contribution in [3.63, 3.8) is 0 Å². The van der Waals surface area contributed by atoms with Crippen LogP contribution in [0.1, 0.15) is 13.3 Å². The average Bonchev–Trinajstić information content (AvgIpc) is 3.21. The molecule has 5 nitrogen and oxygen atoms in total. The van der Waals surface area contributed by atoms with Crippen molar-refractivity contribution in [2.24, 2.45) is 0 Å². The summed E-state index contributed by atoms with van der Waals surface area (Å²) in [6.07, 6.45) is 1.04. The van der Waals surface area contributed by atoms with Gasteiger partial charge in [0.2, 0.25) is 5.16 Å². The molecular weight excluding hydrogens is 406 g/mol. The second-order valence-corrected chi connectivity index (χ2v) is 9.06. The number of thioether (sulfide) groups is 1. The maximum atomic E-state index is 5.55. The van der Waals surface area contributed by atoms with Gasteiger partial charge < -0.3 is 9.13 Å². The van der Waals surface area contributed by atoms with Gasteiger partial charge in [0.25, 0.3) is 0 Å². The van der Waals surface area contributed by atoms with Crippen LogP contribution in [-0.2, 0) is 12.4 Å². The molecular formula is C20H17N5S3. The molecule has 5 rings (SSSR count). The van der Waals surface area contributed by atoms with Gasteiger partial charge in [-0.3, -0.25) is 0 Å². The molecule has 5 aromatic rings. The van der Waals surface area contributed by atoms with Crippen LogP contribution in [0.4, 0.5) is 0 Å². The Bertz CT molecular complexity index is 1370. The lowest BCUT2D eigenvalue weighted by atomic mass is 10.2. The highest BCUT2D eigenvalue weighted by Gasteiger charge is 2.14. The van der Waals surface area contributed by atoms with E-state index in [9.17, 15) is 0 Å². The third-order valence-electron chi connectivity index (χ3n) is 4.70. The lowest BCUT2D eigenvalue weighted by Gasteiger charge is -2.06. The summed E-state index contributed by atoms with van der Waals surface area (Å²) in [6.45, 7) is 3.08. The molecule has 0 N–H and O–H groups in total. The Morgan fingerprint density at radius 3 is 2.64 bits per heavy atom. The number of aryl methyl sites for hydroxylation is 1. The van der Waals surface area contributed by atoms with Crippen LogP contribution >= 0.6 is 35.3 Å². The molecule has 0 amide bonds. The highest BCUT2D eigenvalue weighted by Crippen LogP contribution is 2.29. The van der Waals surface area contributed by atoms with Crippen molar-refractivity contribution < 1.29 is 0 Å². The number of fused-ring (bicyclic) bond motifs is 4. The van der Waals surface area contributed by atoms with Crippen LogP contribution in [0.3, 0.4) is 0 Å². The SMILES string of the molecule is CCCn1c2ccccc2c2nnc(SCn3c(=S)sc4ccccc43)nc21. The topological polar surface area (TPSA) is 48.5 Å². The smallest absolute Gasteiger partial charge is 0.212 e. The third kappa shape index (κ3) is 2.92. The van der Waals surface area contributed by atoms with E-state index in [0.29, 0.717) is 11.0 Å². The number of benzene rings is 2. The van der Waals surface area contributed by atoms with Gasteiger partial charge in [-0.25, -0.2) is 4.98 Å². The van der Waals surface area contributed by atoms with Crippen molar-refractivity contribution in [2.45, 2.75) is 30.9 Å². The Morgan fingerprint density at radius 2 is 1.79 bits per heavy atom. The summed E-state index contributed by atoms with van der Waals surface area (Å²) in [6, 6.07) is 16.6. The van der Waals surface area contributed by atoms with Crippen LogP contribution in [0.15, 0.2) is 53.7 Å². The van der Waals surface area contributed by atoms with Crippen LogP contribution in [0.2, 0.25) is 0 Å². The molecule has 0 unspecified atom stereocenters. The quantitative estimate of drug-likeness (QED) is 0.261. The molecule has 8 heteroatoms. The zero-order chi connectivity index (χ0) is 19.1. The molecule has 0 spiro atoms. The van der Waals surface area contributed by atoms with Crippen molar-refractivity contribution in [1.82, 2.24) is 24.3 Å². The van der Waals surface area contributed by atoms with Crippen molar-refractivity contribution in [3.8, 4) is 0 Å². The van der Waals surface area contributed by atoms with Crippen molar-refractivity contribution >= 4 is 67.6 Å². The number of thiazole rings is 1. The number of rotatable bonds is 5. The number of nitrogens with zero attached hydrogens (tertiary/aromatic N) is 5. The second-order valence-electron chi connectivity index (χ2n) is 6.47. The minimum absolute atomic E-state index is 0.671. The number of hydrogen-bond acceptors (Lipinski definition) is 6. The fourth-order valence-electron chi connectivity index (χ4n) is 3.46. The number of hydrogen-bond donors (Lipinski definition) is 0. The van der Waals surface area contributed by atoms with Crippen molar-refractivity contribution in [2.75, 3.05) is 0 Å². The molecule has 3 aromatic heterocycles. The van der Waals surface area contributed by atoms with E-state index in [1.54, 1.807) is 23.1 Å². The summed E-state index contributed by atoms with van der Waals surface area (Å²) in [5, 5.41) is 10.7. The van der Waals surface area contributed by atoms with Gasteiger partial charge in [-0.15, -0.1) is 21.5 Å². The van der Waals surface area contributed by atoms with E-state index in [2.05, 4.69) is 56.6 Å². The van der Waals surface area contributed by atoms with Gasteiger partial charge in [0.15, 0.2) is 9.60 Å². The third-order valence-corrected chi connectivity index (χ3v) is 6.95. The Morgan fingerprint density at radius 1 is 1.00 bits per heavy atom. The summed E-state index contributed by atoms with van der Waals surface area (Å²) in [4.78, 5) is 4.85. The fourth-order valence-corrected chi connectivity index (χ4v) is 5.71. The molecule has 0 aliphatic carbocycles. The van der Waals surface area contributed by atoms with E-state index in [4.69, 9.17) is 17.2 Å². The van der Waals surface area contributed by atoms with Gasteiger partial charge in [0, 0.05) is 11.9 Å². The van der Waals surface area contributed by atoms with Gasteiger partial charge in [0.05, 0.1) is 21.6 Å². The largest absolute Gasteiger partial charge is 0.324 e. The van der Waals surface area contributed by atoms with Crippen LogP contribution in [0.5, 0.6) is 0 Å².